The molecule has 1 N–H and O–H groups in total. The van der Waals surface area contributed by atoms with Crippen LogP contribution in [-0.4, -0.2) is 35.2 Å². The molecule has 0 saturated carbocycles. The second kappa shape index (κ2) is 5.13. The Balaban J connectivity index is 2.52. The minimum Gasteiger partial charge on any atom is -0.396 e. The molecule has 1 fully saturated rings. The van der Waals surface area contributed by atoms with Crippen LogP contribution in [0.5, 0.6) is 0 Å². The first-order chi connectivity index (χ1) is 6.62. The highest BCUT2D eigenvalue weighted by atomic mass is 16.3. The third-order valence-electron chi connectivity index (χ3n) is 3.96. The van der Waals surface area contributed by atoms with E-state index in [1.54, 1.807) is 0 Å². The maximum atomic E-state index is 9.09. The second-order valence-corrected chi connectivity index (χ2v) is 4.99. The smallest absolute Gasteiger partial charge is 0.0448 e. The van der Waals surface area contributed by atoms with Crippen LogP contribution in [0.1, 0.15) is 46.5 Å². The van der Waals surface area contributed by atoms with E-state index in [-0.39, 0.29) is 5.54 Å². The summed E-state index contributed by atoms with van der Waals surface area (Å²) >= 11 is 0. The summed E-state index contributed by atoms with van der Waals surface area (Å²) in [5, 5.41) is 9.09. The number of hydrogen-bond acceptors (Lipinski definition) is 2. The van der Waals surface area contributed by atoms with Crippen molar-refractivity contribution in [3.63, 3.8) is 0 Å². The van der Waals surface area contributed by atoms with Gasteiger partial charge in [-0.15, -0.1) is 0 Å². The summed E-state index contributed by atoms with van der Waals surface area (Å²) in [4.78, 5) is 2.57. The fourth-order valence-electron chi connectivity index (χ4n) is 2.35. The molecule has 0 aliphatic carbocycles. The second-order valence-electron chi connectivity index (χ2n) is 4.99. The standard InChI is InChI=1S/C12H25NO/c1-4-12(3,7-10-14)13-8-5-11(2)6-9-13/h11,14H,4-10H2,1-3H3. The average molecular weight is 199 g/mol. The van der Waals surface area contributed by atoms with Gasteiger partial charge in [0.15, 0.2) is 0 Å². The first kappa shape index (κ1) is 12.0. The highest BCUT2D eigenvalue weighted by molar-refractivity contribution is 4.87. The van der Waals surface area contributed by atoms with E-state index in [2.05, 4.69) is 25.7 Å². The molecule has 1 heterocycles. The van der Waals surface area contributed by atoms with Crippen molar-refractivity contribution in [1.29, 1.82) is 0 Å². The van der Waals surface area contributed by atoms with Crippen molar-refractivity contribution in [2.75, 3.05) is 19.7 Å². The summed E-state index contributed by atoms with van der Waals surface area (Å²) in [6.45, 7) is 9.60. The van der Waals surface area contributed by atoms with Crippen molar-refractivity contribution >= 4 is 0 Å². The highest BCUT2D eigenvalue weighted by Crippen LogP contribution is 2.28. The molecule has 14 heavy (non-hydrogen) atoms. The lowest BCUT2D eigenvalue weighted by Crippen LogP contribution is -2.50. The third-order valence-corrected chi connectivity index (χ3v) is 3.96. The summed E-state index contributed by atoms with van der Waals surface area (Å²) in [7, 11) is 0. The van der Waals surface area contributed by atoms with Gasteiger partial charge in [-0.3, -0.25) is 4.90 Å². The van der Waals surface area contributed by atoms with Crippen LogP contribution in [0.2, 0.25) is 0 Å². The molecule has 1 rings (SSSR count). The van der Waals surface area contributed by atoms with E-state index < -0.39 is 0 Å². The quantitative estimate of drug-likeness (QED) is 0.751. The van der Waals surface area contributed by atoms with Crippen molar-refractivity contribution < 1.29 is 5.11 Å². The van der Waals surface area contributed by atoms with Crippen LogP contribution in [0.3, 0.4) is 0 Å². The molecular weight excluding hydrogens is 174 g/mol. The largest absolute Gasteiger partial charge is 0.396 e. The molecule has 2 heteroatoms. The van der Waals surface area contributed by atoms with Crippen molar-refractivity contribution in [3.8, 4) is 0 Å². The minimum atomic E-state index is 0.231. The Labute approximate surface area is 88.3 Å². The lowest BCUT2D eigenvalue weighted by atomic mass is 9.88. The Morgan fingerprint density at radius 1 is 1.36 bits per heavy atom. The Kier molecular flexibility index (Phi) is 4.39. The molecule has 1 saturated heterocycles. The molecule has 1 aliphatic heterocycles. The van der Waals surface area contributed by atoms with Crippen LogP contribution < -0.4 is 0 Å². The van der Waals surface area contributed by atoms with E-state index in [1.807, 2.05) is 0 Å². The van der Waals surface area contributed by atoms with Gasteiger partial charge in [-0.25, -0.2) is 0 Å². The molecule has 0 spiro atoms. The average Bonchev–Trinajstić information content (AvgIpc) is 2.19. The van der Waals surface area contributed by atoms with Gasteiger partial charge in [0.2, 0.25) is 0 Å². The zero-order valence-corrected chi connectivity index (χ0v) is 9.92. The Bertz CT molecular complexity index is 164. The lowest BCUT2D eigenvalue weighted by Gasteiger charge is -2.44. The monoisotopic (exact) mass is 199 g/mol. The predicted octanol–water partition coefficient (Wildman–Crippen LogP) is 2.27. The predicted molar refractivity (Wildman–Crippen MR) is 60.4 cm³/mol. The van der Waals surface area contributed by atoms with E-state index in [1.165, 1.54) is 25.9 Å². The van der Waals surface area contributed by atoms with Gasteiger partial charge in [0.05, 0.1) is 0 Å². The highest BCUT2D eigenvalue weighted by Gasteiger charge is 2.31. The van der Waals surface area contributed by atoms with Crippen molar-refractivity contribution in [3.05, 3.63) is 0 Å². The fourth-order valence-corrected chi connectivity index (χ4v) is 2.35. The number of aliphatic hydroxyl groups excluding tert-OH is 1. The molecule has 1 unspecified atom stereocenters. The lowest BCUT2D eigenvalue weighted by molar-refractivity contribution is 0.0418. The minimum absolute atomic E-state index is 0.231. The van der Waals surface area contributed by atoms with Crippen LogP contribution >= 0.6 is 0 Å². The summed E-state index contributed by atoms with van der Waals surface area (Å²) in [5.74, 6) is 0.890. The van der Waals surface area contributed by atoms with Gasteiger partial charge >= 0.3 is 0 Å². The first-order valence-electron chi connectivity index (χ1n) is 5.98. The number of hydrogen-bond donors (Lipinski definition) is 1. The van der Waals surface area contributed by atoms with E-state index in [9.17, 15) is 0 Å². The third kappa shape index (κ3) is 2.71. The maximum Gasteiger partial charge on any atom is 0.0448 e. The number of piperidine rings is 1. The van der Waals surface area contributed by atoms with Gasteiger partial charge in [-0.1, -0.05) is 13.8 Å². The first-order valence-corrected chi connectivity index (χ1v) is 5.98. The molecule has 1 aliphatic rings. The molecule has 0 aromatic rings. The Morgan fingerprint density at radius 2 is 1.93 bits per heavy atom. The van der Waals surface area contributed by atoms with Crippen molar-refractivity contribution in [1.82, 2.24) is 4.90 Å². The SMILES string of the molecule is CCC(C)(CCO)N1CCC(C)CC1. The zero-order chi connectivity index (χ0) is 10.6. The molecule has 0 radical (unpaired) electrons. The van der Waals surface area contributed by atoms with E-state index in [0.717, 1.165) is 18.8 Å². The van der Waals surface area contributed by atoms with E-state index in [4.69, 9.17) is 5.11 Å². The maximum absolute atomic E-state index is 9.09. The summed E-state index contributed by atoms with van der Waals surface area (Å²) in [6, 6.07) is 0. The summed E-state index contributed by atoms with van der Waals surface area (Å²) in [5.41, 5.74) is 0.231. The summed E-state index contributed by atoms with van der Waals surface area (Å²) < 4.78 is 0. The Hall–Kier alpha value is -0.0800. The summed E-state index contributed by atoms with van der Waals surface area (Å²) in [6.07, 6.45) is 4.70. The normalized spacial score (nSPS) is 24.9. The molecule has 1 atom stereocenters. The van der Waals surface area contributed by atoms with Crippen LogP contribution in [0.25, 0.3) is 0 Å². The molecule has 0 aromatic heterocycles. The molecule has 84 valence electrons. The number of nitrogens with zero attached hydrogens (tertiary/aromatic N) is 1. The topological polar surface area (TPSA) is 23.5 Å². The van der Waals surface area contributed by atoms with Gasteiger partial charge in [0.1, 0.15) is 0 Å². The van der Waals surface area contributed by atoms with Gasteiger partial charge in [-0.05, 0) is 51.6 Å². The molecule has 0 bridgehead atoms. The number of rotatable bonds is 4. The van der Waals surface area contributed by atoms with Gasteiger partial charge in [0, 0.05) is 12.1 Å². The molecule has 2 nitrogen and oxygen atoms in total. The van der Waals surface area contributed by atoms with Gasteiger partial charge in [0.25, 0.3) is 0 Å². The van der Waals surface area contributed by atoms with Crippen LogP contribution in [0, 0.1) is 5.92 Å². The van der Waals surface area contributed by atoms with Crippen LogP contribution in [-0.2, 0) is 0 Å². The van der Waals surface area contributed by atoms with E-state index in [0.29, 0.717) is 6.61 Å². The molecular formula is C12H25NO. The molecule has 0 aromatic carbocycles. The van der Waals surface area contributed by atoms with Gasteiger partial charge in [-0.2, -0.15) is 0 Å². The van der Waals surface area contributed by atoms with Gasteiger partial charge < -0.3 is 5.11 Å². The van der Waals surface area contributed by atoms with E-state index >= 15 is 0 Å². The van der Waals surface area contributed by atoms with Crippen molar-refractivity contribution in [2.45, 2.75) is 52.0 Å². The number of likely N-dealkylation sites (tertiary alicyclic amines) is 1. The van der Waals surface area contributed by atoms with Crippen LogP contribution in [0.15, 0.2) is 0 Å². The molecule has 0 amide bonds. The van der Waals surface area contributed by atoms with Crippen molar-refractivity contribution in [2.24, 2.45) is 5.92 Å². The van der Waals surface area contributed by atoms with Crippen LogP contribution in [0.4, 0.5) is 0 Å². The zero-order valence-electron chi connectivity index (χ0n) is 9.92. The Morgan fingerprint density at radius 3 is 2.36 bits per heavy atom. The number of aliphatic hydroxyl groups is 1. The fraction of sp³-hybridized carbons (Fsp3) is 1.00.